The van der Waals surface area contributed by atoms with Gasteiger partial charge in [-0.15, -0.1) is 0 Å². The van der Waals surface area contributed by atoms with E-state index in [9.17, 15) is 14.0 Å². The Bertz CT molecular complexity index is 1090. The van der Waals surface area contributed by atoms with Crippen molar-refractivity contribution in [3.63, 3.8) is 0 Å². The fourth-order valence-corrected chi connectivity index (χ4v) is 3.75. The van der Waals surface area contributed by atoms with Gasteiger partial charge in [0.1, 0.15) is 5.82 Å². The summed E-state index contributed by atoms with van der Waals surface area (Å²) < 4.78 is 13.7. The fourth-order valence-electron chi connectivity index (χ4n) is 3.75. The Balaban J connectivity index is 1.81. The van der Waals surface area contributed by atoms with Crippen molar-refractivity contribution < 1.29 is 14.0 Å². The Morgan fingerprint density at radius 2 is 1.72 bits per heavy atom. The first-order valence-corrected chi connectivity index (χ1v) is 9.65. The third-order valence-electron chi connectivity index (χ3n) is 5.51. The molecular formula is C23H22FN3O2. The molecule has 0 bridgehead atoms. The summed E-state index contributed by atoms with van der Waals surface area (Å²) in [4.78, 5) is 33.9. The van der Waals surface area contributed by atoms with E-state index in [1.807, 2.05) is 27.0 Å². The monoisotopic (exact) mass is 391 g/mol. The zero-order valence-electron chi connectivity index (χ0n) is 16.6. The Morgan fingerprint density at radius 3 is 2.34 bits per heavy atom. The highest BCUT2D eigenvalue weighted by Gasteiger charge is 2.39. The molecule has 3 aromatic rings. The fraction of sp³-hybridized carbons (Fsp3) is 0.261. The van der Waals surface area contributed by atoms with Crippen molar-refractivity contribution in [2.45, 2.75) is 26.4 Å². The molecule has 0 N–H and O–H groups in total. The lowest BCUT2D eigenvalue weighted by molar-refractivity contribution is 0.0594. The van der Waals surface area contributed by atoms with Crippen LogP contribution in [0.3, 0.4) is 0 Å². The molecule has 1 aromatic heterocycles. The van der Waals surface area contributed by atoms with Crippen LogP contribution in [-0.4, -0.2) is 40.2 Å². The maximum atomic E-state index is 13.7. The summed E-state index contributed by atoms with van der Waals surface area (Å²) in [6.45, 7) is 5.22. The molecule has 6 heteroatoms. The minimum absolute atomic E-state index is 0.299. The summed E-state index contributed by atoms with van der Waals surface area (Å²) in [6.07, 6.45) is 0. The maximum absolute atomic E-state index is 13.7. The van der Waals surface area contributed by atoms with E-state index < -0.39 is 6.04 Å². The number of aromatic nitrogens is 1. The van der Waals surface area contributed by atoms with Gasteiger partial charge in [-0.25, -0.2) is 4.39 Å². The van der Waals surface area contributed by atoms with Gasteiger partial charge in [0.15, 0.2) is 0 Å². The molecular weight excluding hydrogens is 369 g/mol. The highest BCUT2D eigenvalue weighted by molar-refractivity contribution is 6.21. The Labute approximate surface area is 168 Å². The van der Waals surface area contributed by atoms with Gasteiger partial charge in [0, 0.05) is 18.0 Å². The first-order chi connectivity index (χ1) is 13.9. The van der Waals surface area contributed by atoms with Crippen LogP contribution in [0, 0.1) is 5.82 Å². The zero-order valence-corrected chi connectivity index (χ0v) is 16.6. The number of pyridine rings is 1. The minimum Gasteiger partial charge on any atom is -0.301 e. The third kappa shape index (κ3) is 3.29. The largest absolute Gasteiger partial charge is 0.301 e. The second kappa shape index (κ2) is 7.37. The van der Waals surface area contributed by atoms with Crippen LogP contribution >= 0.6 is 0 Å². The number of hydrogen-bond acceptors (Lipinski definition) is 4. The van der Waals surface area contributed by atoms with E-state index >= 15 is 0 Å². The number of hydrogen-bond donors (Lipinski definition) is 0. The predicted octanol–water partition coefficient (Wildman–Crippen LogP) is 4.18. The Morgan fingerprint density at radius 1 is 1.07 bits per heavy atom. The summed E-state index contributed by atoms with van der Waals surface area (Å²) in [5, 5.41) is 0.771. The average Bonchev–Trinajstić information content (AvgIpc) is 2.97. The van der Waals surface area contributed by atoms with E-state index in [-0.39, 0.29) is 17.6 Å². The molecule has 148 valence electrons. The van der Waals surface area contributed by atoms with Gasteiger partial charge in [0.05, 0.1) is 28.4 Å². The van der Waals surface area contributed by atoms with Gasteiger partial charge in [-0.05, 0) is 56.4 Å². The van der Waals surface area contributed by atoms with Crippen molar-refractivity contribution in [1.82, 2.24) is 14.8 Å². The summed E-state index contributed by atoms with van der Waals surface area (Å²) in [5.74, 6) is -0.944. The lowest BCUT2D eigenvalue weighted by Gasteiger charge is -2.26. The van der Waals surface area contributed by atoms with Gasteiger partial charge in [0.25, 0.3) is 11.8 Å². The predicted molar refractivity (Wildman–Crippen MR) is 109 cm³/mol. The molecule has 0 saturated carbocycles. The molecule has 1 atom stereocenters. The maximum Gasteiger partial charge on any atom is 0.262 e. The topological polar surface area (TPSA) is 53.5 Å². The molecule has 0 saturated heterocycles. The number of imide groups is 1. The summed E-state index contributed by atoms with van der Waals surface area (Å²) in [6, 6.07) is 12.7. The van der Waals surface area contributed by atoms with E-state index in [0.29, 0.717) is 23.2 Å². The quantitative estimate of drug-likeness (QED) is 0.612. The van der Waals surface area contributed by atoms with Gasteiger partial charge in [-0.3, -0.25) is 19.5 Å². The van der Waals surface area contributed by atoms with Gasteiger partial charge in [-0.1, -0.05) is 19.1 Å². The first kappa shape index (κ1) is 19.2. The molecule has 0 radical (unpaired) electrons. The number of benzene rings is 2. The molecule has 0 fully saturated rings. The van der Waals surface area contributed by atoms with Crippen LogP contribution < -0.4 is 0 Å². The molecule has 1 aliphatic heterocycles. The summed E-state index contributed by atoms with van der Waals surface area (Å²) in [5.41, 5.74) is 2.93. The van der Waals surface area contributed by atoms with E-state index in [0.717, 1.165) is 23.2 Å². The summed E-state index contributed by atoms with van der Waals surface area (Å²) >= 11 is 0. The van der Waals surface area contributed by atoms with Crippen LogP contribution in [0.15, 0.2) is 48.5 Å². The third-order valence-corrected chi connectivity index (χ3v) is 5.51. The van der Waals surface area contributed by atoms with Crippen molar-refractivity contribution in [2.75, 3.05) is 13.6 Å². The number of fused-ring (bicyclic) bond motifs is 2. The molecule has 2 aromatic carbocycles. The van der Waals surface area contributed by atoms with Crippen molar-refractivity contribution in [2.24, 2.45) is 0 Å². The zero-order chi connectivity index (χ0) is 20.7. The van der Waals surface area contributed by atoms with Gasteiger partial charge < -0.3 is 4.90 Å². The smallest absolute Gasteiger partial charge is 0.262 e. The molecule has 0 aliphatic carbocycles. The van der Waals surface area contributed by atoms with E-state index in [2.05, 4.69) is 9.88 Å². The minimum atomic E-state index is -0.496. The van der Waals surface area contributed by atoms with Crippen LogP contribution in [0.25, 0.3) is 10.9 Å². The van der Waals surface area contributed by atoms with Crippen LogP contribution in [0.1, 0.15) is 51.9 Å². The average molecular weight is 391 g/mol. The first-order valence-electron chi connectivity index (χ1n) is 9.65. The molecule has 29 heavy (non-hydrogen) atoms. The van der Waals surface area contributed by atoms with Gasteiger partial charge >= 0.3 is 0 Å². The molecule has 0 unspecified atom stereocenters. The molecule has 1 aliphatic rings. The lowest BCUT2D eigenvalue weighted by atomic mass is 10.0. The van der Waals surface area contributed by atoms with E-state index in [4.69, 9.17) is 0 Å². The van der Waals surface area contributed by atoms with Gasteiger partial charge in [-0.2, -0.15) is 0 Å². The number of carbonyl (C=O) groups is 2. The van der Waals surface area contributed by atoms with E-state index in [1.165, 1.54) is 17.0 Å². The molecule has 5 nitrogen and oxygen atoms in total. The second-order valence-corrected chi connectivity index (χ2v) is 7.39. The Kier molecular flexibility index (Phi) is 4.88. The van der Waals surface area contributed by atoms with Crippen LogP contribution in [0.5, 0.6) is 0 Å². The molecule has 0 spiro atoms. The highest BCUT2D eigenvalue weighted by atomic mass is 19.1. The lowest BCUT2D eigenvalue weighted by Crippen LogP contribution is -2.33. The number of amides is 2. The van der Waals surface area contributed by atoms with Crippen molar-refractivity contribution in [1.29, 1.82) is 0 Å². The molecule has 2 amide bonds. The normalized spacial score (nSPS) is 14.7. The van der Waals surface area contributed by atoms with Crippen molar-refractivity contribution in [3.8, 4) is 0 Å². The number of halogens is 1. The summed E-state index contributed by atoms with van der Waals surface area (Å²) in [7, 11) is 1.97. The number of nitrogens with zero attached hydrogens (tertiary/aromatic N) is 3. The number of carbonyl (C=O) groups excluding carboxylic acids is 2. The van der Waals surface area contributed by atoms with Crippen LogP contribution in [0.4, 0.5) is 4.39 Å². The van der Waals surface area contributed by atoms with Gasteiger partial charge in [0.2, 0.25) is 0 Å². The second-order valence-electron chi connectivity index (χ2n) is 7.39. The molecule has 2 heterocycles. The van der Waals surface area contributed by atoms with Crippen molar-refractivity contribution >= 4 is 22.7 Å². The highest BCUT2D eigenvalue weighted by Crippen LogP contribution is 2.33. The van der Waals surface area contributed by atoms with Crippen LogP contribution in [-0.2, 0) is 6.54 Å². The Hall–Kier alpha value is -3.12. The van der Waals surface area contributed by atoms with Crippen LogP contribution in [0.2, 0.25) is 0 Å². The number of rotatable bonds is 5. The standard InChI is InChI=1S/C23H22FN3O2/c1-4-26(3)13-21-19(11-15-9-10-16(24)12-20(15)25-21)14(2)27-22(28)17-7-5-6-8-18(17)23(27)29/h5-12,14H,4,13H2,1-3H3/t14-/m0/s1. The molecule has 4 rings (SSSR count). The SMILES string of the molecule is CCN(C)Cc1nc2cc(F)ccc2cc1[C@H](C)N1C(=O)c2ccccc2C1=O. The van der Waals surface area contributed by atoms with E-state index in [1.54, 1.807) is 30.3 Å². The van der Waals surface area contributed by atoms with Crippen molar-refractivity contribution in [3.05, 3.63) is 76.7 Å².